The molecule has 0 aliphatic carbocycles. The minimum Gasteiger partial charge on any atom is -0.497 e. The molecule has 3 aromatic carbocycles. The fourth-order valence-corrected chi connectivity index (χ4v) is 4.42. The molecule has 2 heterocycles. The van der Waals surface area contributed by atoms with Gasteiger partial charge < -0.3 is 19.4 Å². The molecule has 0 fully saturated rings. The number of anilines is 2. The quantitative estimate of drug-likeness (QED) is 0.297. The van der Waals surface area contributed by atoms with Crippen LogP contribution in [0.15, 0.2) is 79.1 Å². The number of rotatable bonds is 7. The standard InChI is InChI=1S/C29H28N4O2/c1-19-13-20(2)15-23(14-19)32-28-26-16-27(22-7-11-25(35-4)12-8-22)33(29(26)31-18-30-28)17-21-5-9-24(34-3)10-6-21/h5-16,18H,17H2,1-4H3,(H,30,31,32). The minimum absolute atomic E-state index is 0.662. The predicted molar refractivity (Wildman–Crippen MR) is 141 cm³/mol. The average molecular weight is 465 g/mol. The number of nitrogens with zero attached hydrogens (tertiary/aromatic N) is 3. The molecule has 6 heteroatoms. The van der Waals surface area contributed by atoms with Gasteiger partial charge in [0, 0.05) is 12.2 Å². The van der Waals surface area contributed by atoms with E-state index in [1.54, 1.807) is 20.5 Å². The molecule has 0 radical (unpaired) electrons. The lowest BCUT2D eigenvalue weighted by Gasteiger charge is -2.12. The van der Waals surface area contributed by atoms with E-state index in [1.807, 2.05) is 24.3 Å². The van der Waals surface area contributed by atoms with Crippen LogP contribution in [0.2, 0.25) is 0 Å². The van der Waals surface area contributed by atoms with Crippen molar-refractivity contribution in [1.82, 2.24) is 14.5 Å². The Morgan fingerprint density at radius 1 is 0.771 bits per heavy atom. The number of fused-ring (bicyclic) bond motifs is 1. The van der Waals surface area contributed by atoms with Crippen molar-refractivity contribution >= 4 is 22.5 Å². The Kier molecular flexibility index (Phi) is 6.10. The Morgan fingerprint density at radius 2 is 1.40 bits per heavy atom. The topological polar surface area (TPSA) is 61.2 Å². The van der Waals surface area contributed by atoms with Crippen LogP contribution in [0.4, 0.5) is 11.5 Å². The van der Waals surface area contributed by atoms with Crippen LogP contribution in [-0.4, -0.2) is 28.8 Å². The number of hydrogen-bond acceptors (Lipinski definition) is 5. The number of nitrogens with one attached hydrogen (secondary N) is 1. The van der Waals surface area contributed by atoms with E-state index in [0.29, 0.717) is 6.54 Å². The highest BCUT2D eigenvalue weighted by Gasteiger charge is 2.16. The summed E-state index contributed by atoms with van der Waals surface area (Å²) < 4.78 is 12.9. The second-order valence-corrected chi connectivity index (χ2v) is 8.65. The summed E-state index contributed by atoms with van der Waals surface area (Å²) in [4.78, 5) is 9.29. The highest BCUT2D eigenvalue weighted by Crippen LogP contribution is 2.33. The van der Waals surface area contributed by atoms with Gasteiger partial charge in [0.1, 0.15) is 29.3 Å². The van der Waals surface area contributed by atoms with E-state index < -0.39 is 0 Å². The first kappa shape index (κ1) is 22.5. The van der Waals surface area contributed by atoms with Crippen LogP contribution in [0, 0.1) is 13.8 Å². The van der Waals surface area contributed by atoms with E-state index in [4.69, 9.17) is 14.5 Å². The van der Waals surface area contributed by atoms with Crippen LogP contribution in [-0.2, 0) is 6.54 Å². The summed E-state index contributed by atoms with van der Waals surface area (Å²) in [5, 5.41) is 4.48. The van der Waals surface area contributed by atoms with Crippen molar-refractivity contribution < 1.29 is 9.47 Å². The molecule has 0 aliphatic heterocycles. The fourth-order valence-electron chi connectivity index (χ4n) is 4.42. The van der Waals surface area contributed by atoms with Gasteiger partial charge in [-0.15, -0.1) is 0 Å². The maximum absolute atomic E-state index is 5.37. The lowest BCUT2D eigenvalue weighted by Crippen LogP contribution is -2.04. The Bertz CT molecular complexity index is 1450. The van der Waals surface area contributed by atoms with Crippen LogP contribution in [0.3, 0.4) is 0 Å². The second-order valence-electron chi connectivity index (χ2n) is 8.65. The third kappa shape index (κ3) is 4.68. The first-order valence-corrected chi connectivity index (χ1v) is 11.5. The van der Waals surface area contributed by atoms with E-state index >= 15 is 0 Å². The number of aryl methyl sites for hydroxylation is 2. The van der Waals surface area contributed by atoms with Crippen LogP contribution < -0.4 is 14.8 Å². The molecule has 35 heavy (non-hydrogen) atoms. The molecule has 0 unspecified atom stereocenters. The van der Waals surface area contributed by atoms with E-state index in [2.05, 4.69) is 77.2 Å². The van der Waals surface area contributed by atoms with Crippen LogP contribution in [0.5, 0.6) is 11.5 Å². The van der Waals surface area contributed by atoms with Crippen LogP contribution in [0.25, 0.3) is 22.3 Å². The molecule has 5 rings (SSSR count). The lowest BCUT2D eigenvalue weighted by atomic mass is 10.1. The molecule has 0 saturated heterocycles. The third-order valence-electron chi connectivity index (χ3n) is 6.06. The number of hydrogen-bond donors (Lipinski definition) is 1. The summed E-state index contributed by atoms with van der Waals surface area (Å²) in [5.41, 5.74) is 7.57. The zero-order valence-electron chi connectivity index (χ0n) is 20.4. The average Bonchev–Trinajstić information content (AvgIpc) is 3.23. The molecule has 6 nitrogen and oxygen atoms in total. The largest absolute Gasteiger partial charge is 0.497 e. The second kappa shape index (κ2) is 9.50. The molecule has 5 aromatic rings. The first-order valence-electron chi connectivity index (χ1n) is 11.5. The molecule has 0 aliphatic rings. The Balaban J connectivity index is 1.63. The number of benzene rings is 3. The highest BCUT2D eigenvalue weighted by molar-refractivity contribution is 5.94. The van der Waals surface area contributed by atoms with Gasteiger partial charge in [0.05, 0.1) is 25.3 Å². The minimum atomic E-state index is 0.662. The molecule has 0 bridgehead atoms. The Labute approximate surface area is 205 Å². The van der Waals surface area contributed by atoms with Gasteiger partial charge in [0.15, 0.2) is 0 Å². The van der Waals surface area contributed by atoms with Crippen molar-refractivity contribution in [3.8, 4) is 22.8 Å². The molecule has 0 spiro atoms. The molecule has 1 N–H and O–H groups in total. The van der Waals surface area contributed by atoms with Gasteiger partial charge in [-0.25, -0.2) is 9.97 Å². The molecule has 0 saturated carbocycles. The number of ether oxygens (including phenoxy) is 2. The summed E-state index contributed by atoms with van der Waals surface area (Å²) in [6.45, 7) is 4.86. The molecule has 0 amide bonds. The van der Waals surface area contributed by atoms with E-state index in [9.17, 15) is 0 Å². The van der Waals surface area contributed by atoms with Crippen molar-refractivity contribution in [2.24, 2.45) is 0 Å². The van der Waals surface area contributed by atoms with Gasteiger partial charge in [-0.3, -0.25) is 0 Å². The van der Waals surface area contributed by atoms with Crippen LogP contribution >= 0.6 is 0 Å². The Morgan fingerprint density at radius 3 is 2.03 bits per heavy atom. The predicted octanol–water partition coefficient (Wildman–Crippen LogP) is 6.52. The number of methoxy groups -OCH3 is 2. The zero-order valence-corrected chi connectivity index (χ0v) is 20.4. The van der Waals surface area contributed by atoms with Gasteiger partial charge in [-0.1, -0.05) is 18.2 Å². The third-order valence-corrected chi connectivity index (χ3v) is 6.06. The van der Waals surface area contributed by atoms with Gasteiger partial charge in [-0.05, 0) is 90.7 Å². The first-order chi connectivity index (χ1) is 17.0. The van der Waals surface area contributed by atoms with E-state index in [-0.39, 0.29) is 0 Å². The SMILES string of the molecule is COc1ccc(Cn2c(-c3ccc(OC)cc3)cc3c(Nc4cc(C)cc(C)c4)ncnc32)cc1. The number of aromatic nitrogens is 3. The summed E-state index contributed by atoms with van der Waals surface area (Å²) in [5.74, 6) is 2.44. The molecular weight excluding hydrogens is 436 g/mol. The normalized spacial score (nSPS) is 11.0. The van der Waals surface area contributed by atoms with Gasteiger partial charge in [0.25, 0.3) is 0 Å². The summed E-state index contributed by atoms with van der Waals surface area (Å²) in [6.07, 6.45) is 1.62. The zero-order chi connectivity index (χ0) is 24.4. The van der Waals surface area contributed by atoms with E-state index in [0.717, 1.165) is 50.9 Å². The van der Waals surface area contributed by atoms with Crippen molar-refractivity contribution in [1.29, 1.82) is 0 Å². The van der Waals surface area contributed by atoms with E-state index in [1.165, 1.54) is 11.1 Å². The molecular formula is C29H28N4O2. The summed E-state index contributed by atoms with van der Waals surface area (Å²) >= 11 is 0. The van der Waals surface area contributed by atoms with Crippen molar-refractivity contribution in [2.75, 3.05) is 19.5 Å². The van der Waals surface area contributed by atoms with Gasteiger partial charge in [0.2, 0.25) is 0 Å². The lowest BCUT2D eigenvalue weighted by molar-refractivity contribution is 0.414. The summed E-state index contributed by atoms with van der Waals surface area (Å²) in [6, 6.07) is 24.8. The molecule has 2 aromatic heterocycles. The smallest absolute Gasteiger partial charge is 0.146 e. The fraction of sp³-hybridized carbons (Fsp3) is 0.172. The van der Waals surface area contributed by atoms with Crippen molar-refractivity contribution in [2.45, 2.75) is 20.4 Å². The Hall–Kier alpha value is -4.32. The van der Waals surface area contributed by atoms with Crippen LogP contribution in [0.1, 0.15) is 16.7 Å². The summed E-state index contributed by atoms with van der Waals surface area (Å²) in [7, 11) is 3.35. The monoisotopic (exact) mass is 464 g/mol. The molecule has 176 valence electrons. The van der Waals surface area contributed by atoms with Gasteiger partial charge >= 0.3 is 0 Å². The highest BCUT2D eigenvalue weighted by atomic mass is 16.5. The van der Waals surface area contributed by atoms with Crippen molar-refractivity contribution in [3.05, 3.63) is 95.8 Å². The maximum atomic E-state index is 5.37. The van der Waals surface area contributed by atoms with Crippen molar-refractivity contribution in [3.63, 3.8) is 0 Å². The molecule has 0 atom stereocenters. The maximum Gasteiger partial charge on any atom is 0.146 e. The van der Waals surface area contributed by atoms with Gasteiger partial charge in [-0.2, -0.15) is 0 Å².